The minimum Gasteiger partial charge on any atom is -0.346 e. The van der Waals surface area contributed by atoms with E-state index < -0.39 is 0 Å². The molecule has 116 valence electrons. The van der Waals surface area contributed by atoms with E-state index in [1.807, 2.05) is 17.5 Å². The molecule has 2 bridgehead atoms. The number of nitrogens with one attached hydrogen (secondary N) is 1. The molecule has 3 aliphatic heterocycles. The van der Waals surface area contributed by atoms with Gasteiger partial charge in [-0.1, -0.05) is 11.6 Å². The Balaban J connectivity index is 1.58. The molecule has 0 radical (unpaired) electrons. The second-order valence-electron chi connectivity index (χ2n) is 6.25. The number of piperidine rings is 3. The van der Waals surface area contributed by atoms with Crippen molar-refractivity contribution in [3.05, 3.63) is 28.4 Å². The minimum atomic E-state index is -0.111. The normalized spacial score (nSPS) is 30.6. The number of thiophene rings is 1. The smallest absolute Gasteiger partial charge is 0.270 e. The number of carbonyl (C=O) groups is 1. The van der Waals surface area contributed by atoms with Gasteiger partial charge in [0.2, 0.25) is 0 Å². The van der Waals surface area contributed by atoms with Crippen LogP contribution in [0.25, 0.3) is 10.1 Å². The third-order valence-corrected chi connectivity index (χ3v) is 6.42. The van der Waals surface area contributed by atoms with Crippen molar-refractivity contribution in [2.24, 2.45) is 5.92 Å². The largest absolute Gasteiger partial charge is 0.346 e. The number of amides is 1. The molecule has 2 atom stereocenters. The first-order valence-corrected chi connectivity index (χ1v) is 8.98. The number of nitrogens with zero attached hydrogens (tertiary/aromatic N) is 2. The van der Waals surface area contributed by atoms with Gasteiger partial charge in [-0.3, -0.25) is 9.69 Å². The zero-order valence-corrected chi connectivity index (χ0v) is 14.0. The first kappa shape index (κ1) is 14.4. The Morgan fingerprint density at radius 1 is 1.45 bits per heavy atom. The van der Waals surface area contributed by atoms with Gasteiger partial charge in [0.15, 0.2) is 0 Å². The van der Waals surface area contributed by atoms with E-state index in [1.54, 1.807) is 11.3 Å². The molecule has 3 fully saturated rings. The third kappa shape index (κ3) is 2.32. The molecule has 1 N–H and O–H groups in total. The second-order valence-corrected chi connectivity index (χ2v) is 7.52. The Bertz CT molecular complexity index is 721. The number of hydrogen-bond acceptors (Lipinski definition) is 4. The Morgan fingerprint density at radius 3 is 2.95 bits per heavy atom. The lowest BCUT2D eigenvalue weighted by molar-refractivity contribution is 0.0216. The lowest BCUT2D eigenvalue weighted by atomic mass is 9.79. The standard InChI is InChI=1S/C16H18ClN3OS/c1-9-13(10-2-5-20(9)6-3-10)19-16(21)12-8-11-4-7-22-14(11)15(17)18-12/h4,7-10,13H,2-3,5-6H2,1H3,(H,19,21)/t9-,13+/m1/s1. The molecule has 0 aliphatic carbocycles. The van der Waals surface area contributed by atoms with Gasteiger partial charge in [-0.05, 0) is 61.7 Å². The van der Waals surface area contributed by atoms with Gasteiger partial charge in [0.25, 0.3) is 5.91 Å². The monoisotopic (exact) mass is 335 g/mol. The van der Waals surface area contributed by atoms with Crippen molar-refractivity contribution in [2.45, 2.75) is 31.8 Å². The van der Waals surface area contributed by atoms with E-state index in [4.69, 9.17) is 11.6 Å². The van der Waals surface area contributed by atoms with E-state index in [9.17, 15) is 4.79 Å². The van der Waals surface area contributed by atoms with E-state index in [-0.39, 0.29) is 11.9 Å². The van der Waals surface area contributed by atoms with Crippen LogP contribution >= 0.6 is 22.9 Å². The molecule has 5 rings (SSSR count). The zero-order valence-electron chi connectivity index (χ0n) is 12.4. The Kier molecular flexibility index (Phi) is 3.59. The summed E-state index contributed by atoms with van der Waals surface area (Å²) in [6.07, 6.45) is 2.35. The molecule has 1 amide bonds. The number of pyridine rings is 1. The van der Waals surface area contributed by atoms with Crippen molar-refractivity contribution >= 4 is 38.9 Å². The molecule has 2 aromatic heterocycles. The van der Waals surface area contributed by atoms with E-state index >= 15 is 0 Å². The predicted molar refractivity (Wildman–Crippen MR) is 89.6 cm³/mol. The minimum absolute atomic E-state index is 0.111. The van der Waals surface area contributed by atoms with Gasteiger partial charge in [-0.2, -0.15) is 0 Å². The van der Waals surface area contributed by atoms with Crippen molar-refractivity contribution in [2.75, 3.05) is 13.1 Å². The van der Waals surface area contributed by atoms with Crippen LogP contribution in [0, 0.1) is 5.92 Å². The molecule has 0 saturated carbocycles. The Morgan fingerprint density at radius 2 is 2.23 bits per heavy atom. The maximum Gasteiger partial charge on any atom is 0.270 e. The zero-order chi connectivity index (χ0) is 15.3. The van der Waals surface area contributed by atoms with Crippen LogP contribution < -0.4 is 5.32 Å². The second kappa shape index (κ2) is 5.48. The van der Waals surface area contributed by atoms with Crippen LogP contribution in [0.3, 0.4) is 0 Å². The SMILES string of the molecule is C[C@@H]1[C@H](NC(=O)c2cc3ccsc3c(Cl)n2)C2CCN1CC2. The highest BCUT2D eigenvalue weighted by Crippen LogP contribution is 2.32. The number of halogens is 1. The predicted octanol–water partition coefficient (Wildman–Crippen LogP) is 3.16. The molecule has 0 aromatic carbocycles. The Labute approximate surface area is 138 Å². The van der Waals surface area contributed by atoms with Crippen LogP contribution in [0.1, 0.15) is 30.3 Å². The average Bonchev–Trinajstić information content (AvgIpc) is 3.00. The summed E-state index contributed by atoms with van der Waals surface area (Å²) in [5.74, 6) is 0.477. The van der Waals surface area contributed by atoms with Gasteiger partial charge in [-0.25, -0.2) is 4.98 Å². The lowest BCUT2D eigenvalue weighted by Crippen LogP contribution is -2.62. The quantitative estimate of drug-likeness (QED) is 0.857. The maximum atomic E-state index is 12.6. The number of aromatic nitrogens is 1. The van der Waals surface area contributed by atoms with Crippen molar-refractivity contribution in [3.63, 3.8) is 0 Å². The van der Waals surface area contributed by atoms with Crippen molar-refractivity contribution < 1.29 is 4.79 Å². The fourth-order valence-corrected chi connectivity index (χ4v) is 4.91. The number of hydrogen-bond donors (Lipinski definition) is 1. The van der Waals surface area contributed by atoms with E-state index in [0.29, 0.717) is 22.8 Å². The topological polar surface area (TPSA) is 45.2 Å². The summed E-state index contributed by atoms with van der Waals surface area (Å²) in [7, 11) is 0. The molecule has 6 heteroatoms. The first-order chi connectivity index (χ1) is 10.6. The molecule has 5 heterocycles. The van der Waals surface area contributed by atoms with E-state index in [2.05, 4.69) is 22.1 Å². The van der Waals surface area contributed by atoms with Gasteiger partial charge in [0, 0.05) is 12.1 Å². The highest BCUT2D eigenvalue weighted by Gasteiger charge is 2.40. The third-order valence-electron chi connectivity index (χ3n) is 5.10. The summed E-state index contributed by atoms with van der Waals surface area (Å²) in [4.78, 5) is 19.3. The van der Waals surface area contributed by atoms with Gasteiger partial charge in [0.05, 0.1) is 4.70 Å². The van der Waals surface area contributed by atoms with E-state index in [0.717, 1.165) is 23.2 Å². The van der Waals surface area contributed by atoms with Crippen LogP contribution in [0.5, 0.6) is 0 Å². The average molecular weight is 336 g/mol. The molecular formula is C16H18ClN3OS. The van der Waals surface area contributed by atoms with Crippen molar-refractivity contribution in [3.8, 4) is 0 Å². The van der Waals surface area contributed by atoms with Gasteiger partial charge in [-0.15, -0.1) is 11.3 Å². The molecule has 3 aliphatic rings. The summed E-state index contributed by atoms with van der Waals surface area (Å²) in [5, 5.41) is 6.57. The summed E-state index contributed by atoms with van der Waals surface area (Å²) in [6.45, 7) is 4.52. The highest BCUT2D eigenvalue weighted by molar-refractivity contribution is 7.17. The fraction of sp³-hybridized carbons (Fsp3) is 0.500. The molecule has 0 spiro atoms. The fourth-order valence-electron chi connectivity index (χ4n) is 3.82. The van der Waals surface area contributed by atoms with Crippen LogP contribution in [0.4, 0.5) is 0 Å². The van der Waals surface area contributed by atoms with Crippen molar-refractivity contribution in [1.82, 2.24) is 15.2 Å². The highest BCUT2D eigenvalue weighted by atomic mass is 35.5. The van der Waals surface area contributed by atoms with Crippen molar-refractivity contribution in [1.29, 1.82) is 0 Å². The summed E-state index contributed by atoms with van der Waals surface area (Å²) < 4.78 is 0.939. The lowest BCUT2D eigenvalue weighted by Gasteiger charge is -2.49. The molecule has 4 nitrogen and oxygen atoms in total. The van der Waals surface area contributed by atoms with Gasteiger partial charge in [0.1, 0.15) is 10.8 Å². The molecule has 3 saturated heterocycles. The van der Waals surface area contributed by atoms with Crippen LogP contribution in [0.2, 0.25) is 5.15 Å². The van der Waals surface area contributed by atoms with E-state index in [1.165, 1.54) is 12.8 Å². The Hall–Kier alpha value is -1.17. The van der Waals surface area contributed by atoms with Crippen LogP contribution in [-0.2, 0) is 0 Å². The molecular weight excluding hydrogens is 318 g/mol. The first-order valence-electron chi connectivity index (χ1n) is 7.72. The molecule has 22 heavy (non-hydrogen) atoms. The van der Waals surface area contributed by atoms with Crippen LogP contribution in [-0.4, -0.2) is 41.0 Å². The maximum absolute atomic E-state index is 12.6. The van der Waals surface area contributed by atoms with Gasteiger partial charge >= 0.3 is 0 Å². The molecule has 0 unspecified atom stereocenters. The molecule has 2 aromatic rings. The summed E-state index contributed by atoms with van der Waals surface area (Å²) >= 11 is 7.74. The van der Waals surface area contributed by atoms with Crippen LogP contribution in [0.15, 0.2) is 17.5 Å². The number of carbonyl (C=O) groups excluding carboxylic acids is 1. The number of fused-ring (bicyclic) bond motifs is 4. The summed E-state index contributed by atoms with van der Waals surface area (Å²) in [6, 6.07) is 4.42. The number of rotatable bonds is 2. The summed E-state index contributed by atoms with van der Waals surface area (Å²) in [5.41, 5.74) is 0.416. The van der Waals surface area contributed by atoms with Gasteiger partial charge < -0.3 is 5.32 Å².